The van der Waals surface area contributed by atoms with Crippen LogP contribution >= 0.6 is 11.6 Å². The van der Waals surface area contributed by atoms with Crippen LogP contribution in [0.2, 0.25) is 5.02 Å². The molecule has 0 amide bonds. The largest absolute Gasteiger partial charge is 0.479 e. The highest BCUT2D eigenvalue weighted by Crippen LogP contribution is 2.41. The van der Waals surface area contributed by atoms with Crippen molar-refractivity contribution in [3.63, 3.8) is 0 Å². The minimum absolute atomic E-state index is 0.109. The molecule has 2 rings (SSSR count). The summed E-state index contributed by atoms with van der Waals surface area (Å²) >= 11 is 6.42. The van der Waals surface area contributed by atoms with Gasteiger partial charge in [-0.3, -0.25) is 0 Å². The Morgan fingerprint density at radius 2 is 1.71 bits per heavy atom. The van der Waals surface area contributed by atoms with Crippen LogP contribution in [0.15, 0.2) is 46.8 Å². The second-order valence-electron chi connectivity index (χ2n) is 8.58. The predicted octanol–water partition coefficient (Wildman–Crippen LogP) is -1.23. The lowest BCUT2D eigenvalue weighted by atomic mass is 9.80. The van der Waals surface area contributed by atoms with Crippen molar-refractivity contribution in [3.05, 3.63) is 57.4 Å². The summed E-state index contributed by atoms with van der Waals surface area (Å²) < 4.78 is 15.8. The van der Waals surface area contributed by atoms with E-state index in [1.807, 2.05) is 0 Å². The highest BCUT2D eigenvalue weighted by atomic mass is 35.5. The molecule has 0 aromatic heterocycles. The molecule has 4 unspecified atom stereocenters. The molecule has 0 bridgehead atoms. The van der Waals surface area contributed by atoms with Crippen LogP contribution < -0.4 is 11.1 Å². The number of nitrogens with one attached hydrogen (secondary N) is 1. The van der Waals surface area contributed by atoms with Gasteiger partial charge in [0.2, 0.25) is 0 Å². The molecule has 1 aromatic rings. The van der Waals surface area contributed by atoms with Crippen LogP contribution in [0.3, 0.4) is 0 Å². The highest BCUT2D eigenvalue weighted by molar-refractivity contribution is 6.31. The molecule has 15 heteroatoms. The molecule has 14 nitrogen and oxygen atoms in total. The van der Waals surface area contributed by atoms with Gasteiger partial charge in [0.1, 0.15) is 18.3 Å². The van der Waals surface area contributed by atoms with E-state index in [-0.39, 0.29) is 18.8 Å². The second-order valence-corrected chi connectivity index (χ2v) is 8.99. The van der Waals surface area contributed by atoms with Crippen LogP contribution in [0, 0.1) is 0 Å². The van der Waals surface area contributed by atoms with Gasteiger partial charge in [-0.1, -0.05) is 29.8 Å². The number of halogens is 1. The smallest absolute Gasteiger partial charge is 0.336 e. The number of rotatable bonds is 13. The Hall–Kier alpha value is -3.08. The molecule has 0 spiro atoms. The van der Waals surface area contributed by atoms with E-state index >= 15 is 0 Å². The minimum Gasteiger partial charge on any atom is -0.479 e. The Kier molecular flexibility index (Phi) is 15.5. The van der Waals surface area contributed by atoms with Crippen LogP contribution in [0.5, 0.6) is 0 Å². The maximum atomic E-state index is 12.9. The van der Waals surface area contributed by atoms with Gasteiger partial charge in [0.15, 0.2) is 6.10 Å². The SMILES string of the molecule is CCOC(=O)C1=C(COCCN)NC(C)=C(C(=O)OC)[C@@H]1c1ccccc1Cl.O=C(O)C(O)C(O)C(O)C(O)CO. The zero-order valence-corrected chi connectivity index (χ0v) is 23.6. The summed E-state index contributed by atoms with van der Waals surface area (Å²) in [6.07, 6.45) is -7.84. The molecular formula is C26H37ClN2O12. The van der Waals surface area contributed by atoms with E-state index < -0.39 is 54.8 Å². The van der Waals surface area contributed by atoms with E-state index in [1.165, 1.54) is 7.11 Å². The van der Waals surface area contributed by atoms with Crippen molar-refractivity contribution in [2.75, 3.05) is 40.1 Å². The van der Waals surface area contributed by atoms with Crippen molar-refractivity contribution in [2.45, 2.75) is 44.2 Å². The summed E-state index contributed by atoms with van der Waals surface area (Å²) in [6.45, 7) is 3.57. The van der Waals surface area contributed by atoms with Crippen LogP contribution in [-0.4, -0.2) is 113 Å². The number of benzene rings is 1. The molecule has 0 saturated carbocycles. The van der Waals surface area contributed by atoms with Crippen molar-refractivity contribution in [3.8, 4) is 0 Å². The summed E-state index contributed by atoms with van der Waals surface area (Å²) in [5.41, 5.74) is 7.70. The fourth-order valence-corrected chi connectivity index (χ4v) is 4.03. The van der Waals surface area contributed by atoms with Crippen LogP contribution in [-0.2, 0) is 28.6 Å². The predicted molar refractivity (Wildman–Crippen MR) is 144 cm³/mol. The number of ether oxygens (including phenoxy) is 3. The molecule has 1 aliphatic heterocycles. The lowest BCUT2D eigenvalue weighted by Crippen LogP contribution is -2.48. The Morgan fingerprint density at radius 3 is 2.22 bits per heavy atom. The van der Waals surface area contributed by atoms with Crippen LogP contribution in [0.4, 0.5) is 0 Å². The summed E-state index contributed by atoms with van der Waals surface area (Å²) in [7, 11) is 1.29. The van der Waals surface area contributed by atoms with Crippen molar-refractivity contribution in [1.29, 1.82) is 0 Å². The number of allylic oxidation sites excluding steroid dienone is 1. The first-order valence-electron chi connectivity index (χ1n) is 12.4. The zero-order valence-electron chi connectivity index (χ0n) is 22.8. The Balaban J connectivity index is 0.000000545. The van der Waals surface area contributed by atoms with E-state index in [9.17, 15) is 14.4 Å². The van der Waals surface area contributed by atoms with Gasteiger partial charge in [0, 0.05) is 17.3 Å². The number of methoxy groups -OCH3 is 1. The number of nitrogens with two attached hydrogens (primary N) is 1. The molecular weight excluding hydrogens is 568 g/mol. The van der Waals surface area contributed by atoms with Gasteiger partial charge < -0.3 is 55.9 Å². The number of carbonyl (C=O) groups is 3. The van der Waals surface area contributed by atoms with Gasteiger partial charge in [-0.05, 0) is 25.5 Å². The first kappa shape index (κ1) is 35.9. The van der Waals surface area contributed by atoms with E-state index in [0.29, 0.717) is 40.7 Å². The summed E-state index contributed by atoms with van der Waals surface area (Å²) in [5.74, 6) is -3.59. The van der Waals surface area contributed by atoms with Crippen molar-refractivity contribution >= 4 is 29.5 Å². The molecule has 0 fully saturated rings. The molecule has 9 N–H and O–H groups in total. The molecule has 0 radical (unpaired) electrons. The molecule has 1 aliphatic rings. The molecule has 1 heterocycles. The fraction of sp³-hybridized carbons (Fsp3) is 0.500. The Labute approximate surface area is 241 Å². The average molecular weight is 605 g/mol. The average Bonchev–Trinajstić information content (AvgIpc) is 2.95. The van der Waals surface area contributed by atoms with Gasteiger partial charge in [-0.2, -0.15) is 0 Å². The molecule has 0 aliphatic carbocycles. The zero-order chi connectivity index (χ0) is 31.3. The lowest BCUT2D eigenvalue weighted by molar-refractivity contribution is -0.164. The number of carboxylic acid groups (broad SMARTS) is 1. The molecule has 5 atom stereocenters. The van der Waals surface area contributed by atoms with Gasteiger partial charge in [-0.15, -0.1) is 0 Å². The number of dihydropyridines is 1. The maximum absolute atomic E-state index is 12.9. The molecule has 1 aromatic carbocycles. The van der Waals surface area contributed by atoms with E-state index in [4.69, 9.17) is 62.2 Å². The fourth-order valence-electron chi connectivity index (χ4n) is 3.79. The molecule has 230 valence electrons. The highest BCUT2D eigenvalue weighted by Gasteiger charge is 2.39. The van der Waals surface area contributed by atoms with Crippen molar-refractivity contribution in [1.82, 2.24) is 5.32 Å². The van der Waals surface area contributed by atoms with Gasteiger partial charge in [0.05, 0.1) is 56.3 Å². The monoisotopic (exact) mass is 604 g/mol. The van der Waals surface area contributed by atoms with Crippen LogP contribution in [0.25, 0.3) is 0 Å². The number of hydrogen-bond donors (Lipinski definition) is 8. The van der Waals surface area contributed by atoms with Crippen molar-refractivity contribution < 1.29 is 59.2 Å². The third-order valence-corrected chi connectivity index (χ3v) is 6.12. The minimum atomic E-state index is -2.20. The molecule has 0 saturated heterocycles. The van der Waals surface area contributed by atoms with Gasteiger partial charge >= 0.3 is 17.9 Å². The number of carboxylic acids is 1. The van der Waals surface area contributed by atoms with E-state index in [0.717, 1.165) is 0 Å². The topological polar surface area (TPSA) is 238 Å². The van der Waals surface area contributed by atoms with E-state index in [1.54, 1.807) is 38.1 Å². The number of carbonyl (C=O) groups excluding carboxylic acids is 2. The number of aliphatic hydroxyl groups excluding tert-OH is 5. The Morgan fingerprint density at radius 1 is 1.07 bits per heavy atom. The van der Waals surface area contributed by atoms with E-state index in [2.05, 4.69) is 5.32 Å². The van der Waals surface area contributed by atoms with Crippen molar-refractivity contribution in [2.24, 2.45) is 5.73 Å². The number of aliphatic hydroxyl groups is 5. The van der Waals surface area contributed by atoms with Gasteiger partial charge in [0.25, 0.3) is 0 Å². The summed E-state index contributed by atoms with van der Waals surface area (Å²) in [6, 6.07) is 7.05. The first-order valence-corrected chi connectivity index (χ1v) is 12.8. The normalized spacial score (nSPS) is 17.9. The second kappa shape index (κ2) is 17.7. The number of esters is 2. The lowest BCUT2D eigenvalue weighted by Gasteiger charge is -2.31. The first-order chi connectivity index (χ1) is 19.4. The maximum Gasteiger partial charge on any atom is 0.336 e. The third kappa shape index (κ3) is 9.76. The number of hydrogen-bond acceptors (Lipinski definition) is 13. The Bertz CT molecular complexity index is 1110. The molecule has 41 heavy (non-hydrogen) atoms. The third-order valence-electron chi connectivity index (χ3n) is 5.78. The summed E-state index contributed by atoms with van der Waals surface area (Å²) in [5, 5.41) is 55.3. The standard InChI is InChI=1S/C20H25ClN2O5.C6H12O7/c1-4-28-20(25)18-15(11-27-10-9-22)23-12(2)16(19(24)26-3)17(18)13-7-5-6-8-14(13)21;7-1-2(8)3(9)4(10)5(11)6(12)13/h5-8,17,23H,4,9-11,22H2,1-3H3;2-5,7-11H,1H2,(H,12,13)/t17-;/m0./s1. The van der Waals surface area contributed by atoms with Crippen LogP contribution in [0.1, 0.15) is 25.3 Å². The van der Waals surface area contributed by atoms with Gasteiger partial charge in [-0.25, -0.2) is 14.4 Å². The quantitative estimate of drug-likeness (QED) is 0.0972. The number of aliphatic carboxylic acids is 1. The summed E-state index contributed by atoms with van der Waals surface area (Å²) in [4.78, 5) is 35.6.